The van der Waals surface area contributed by atoms with Gasteiger partial charge in [-0.25, -0.2) is 8.42 Å². The maximum absolute atomic E-state index is 13.3. The summed E-state index contributed by atoms with van der Waals surface area (Å²) in [5, 5.41) is 2.80. The van der Waals surface area contributed by atoms with Gasteiger partial charge in [0.1, 0.15) is 16.3 Å². The molecule has 2 aromatic rings. The van der Waals surface area contributed by atoms with Gasteiger partial charge in [-0.1, -0.05) is 6.92 Å². The topological polar surface area (TPSA) is 84.5 Å². The largest absolute Gasteiger partial charge is 0.467 e. The molecule has 1 aliphatic rings. The number of sulfonamides is 1. The van der Waals surface area contributed by atoms with E-state index in [1.165, 1.54) is 0 Å². The highest BCUT2D eigenvalue weighted by Gasteiger charge is 2.35. The Kier molecular flexibility index (Phi) is 5.48. The molecular weight excluding hydrogens is 366 g/mol. The van der Waals surface area contributed by atoms with Crippen molar-refractivity contribution in [1.29, 1.82) is 0 Å². The number of aromatic nitrogens is 1. The van der Waals surface area contributed by atoms with Gasteiger partial charge in [-0.2, -0.15) is 4.31 Å². The smallest absolute Gasteiger partial charge is 0.268 e. The molecule has 1 aliphatic heterocycles. The first-order valence-corrected chi connectivity index (χ1v) is 10.6. The van der Waals surface area contributed by atoms with Crippen molar-refractivity contribution >= 4 is 15.9 Å². The van der Waals surface area contributed by atoms with Crippen LogP contribution in [-0.4, -0.2) is 36.3 Å². The summed E-state index contributed by atoms with van der Waals surface area (Å²) >= 11 is 0. The van der Waals surface area contributed by atoms with E-state index < -0.39 is 10.0 Å². The van der Waals surface area contributed by atoms with Crippen LogP contribution in [0.1, 0.15) is 47.3 Å². The lowest BCUT2D eigenvalue weighted by Gasteiger charge is -2.30. The standard InChI is InChI=1S/C19H27N3O4S/c1-13-7-5-9-22(12-13)27(24,25)18-14(2)17(21(4)15(18)3)19(23)20-11-16-8-6-10-26-16/h6,8,10,13H,5,7,9,11-12H2,1-4H3,(H,20,23)/t13-/m1/s1. The minimum Gasteiger partial charge on any atom is -0.467 e. The van der Waals surface area contributed by atoms with Crippen LogP contribution in [0, 0.1) is 19.8 Å². The van der Waals surface area contributed by atoms with Crippen molar-refractivity contribution < 1.29 is 17.6 Å². The molecule has 0 aliphatic carbocycles. The summed E-state index contributed by atoms with van der Waals surface area (Å²) in [6, 6.07) is 3.53. The maximum Gasteiger partial charge on any atom is 0.268 e. The SMILES string of the molecule is Cc1c(S(=O)(=O)N2CCC[C@@H](C)C2)c(C)n(C)c1C(=O)NCc1ccco1. The summed E-state index contributed by atoms with van der Waals surface area (Å²) in [7, 11) is -1.91. The van der Waals surface area contributed by atoms with Gasteiger partial charge >= 0.3 is 0 Å². The maximum atomic E-state index is 13.3. The molecule has 1 N–H and O–H groups in total. The van der Waals surface area contributed by atoms with Crippen LogP contribution in [0.3, 0.4) is 0 Å². The van der Waals surface area contributed by atoms with Crippen molar-refractivity contribution in [2.75, 3.05) is 13.1 Å². The summed E-state index contributed by atoms with van der Waals surface area (Å²) in [6.07, 6.45) is 3.45. The van der Waals surface area contributed by atoms with Crippen LogP contribution in [0.15, 0.2) is 27.7 Å². The highest BCUT2D eigenvalue weighted by Crippen LogP contribution is 2.31. The van der Waals surface area contributed by atoms with E-state index in [0.29, 0.717) is 41.7 Å². The van der Waals surface area contributed by atoms with Gasteiger partial charge in [0.05, 0.1) is 12.8 Å². The monoisotopic (exact) mass is 393 g/mol. The molecule has 3 rings (SSSR count). The van der Waals surface area contributed by atoms with Crippen LogP contribution in [0.5, 0.6) is 0 Å². The third-order valence-electron chi connectivity index (χ3n) is 5.30. The molecule has 1 atom stereocenters. The molecule has 0 saturated carbocycles. The van der Waals surface area contributed by atoms with Crippen molar-refractivity contribution in [2.24, 2.45) is 13.0 Å². The molecule has 3 heterocycles. The molecule has 0 unspecified atom stereocenters. The lowest BCUT2D eigenvalue weighted by atomic mass is 10.0. The lowest BCUT2D eigenvalue weighted by molar-refractivity contribution is 0.0939. The van der Waals surface area contributed by atoms with E-state index in [1.807, 2.05) is 0 Å². The molecule has 0 radical (unpaired) electrons. The van der Waals surface area contributed by atoms with Crippen molar-refractivity contribution in [2.45, 2.75) is 45.1 Å². The number of rotatable bonds is 5. The fraction of sp³-hybridized carbons (Fsp3) is 0.526. The number of hydrogen-bond donors (Lipinski definition) is 1. The molecule has 148 valence electrons. The zero-order valence-corrected chi connectivity index (χ0v) is 17.1. The number of carbonyl (C=O) groups is 1. The van der Waals surface area contributed by atoms with Crippen molar-refractivity contribution in [3.05, 3.63) is 41.1 Å². The third kappa shape index (κ3) is 3.68. The Hall–Kier alpha value is -2.06. The van der Waals surface area contributed by atoms with Gasteiger partial charge in [-0.15, -0.1) is 0 Å². The second kappa shape index (κ2) is 7.52. The summed E-state index contributed by atoms with van der Waals surface area (Å²) in [4.78, 5) is 13.0. The zero-order valence-electron chi connectivity index (χ0n) is 16.3. The minimum atomic E-state index is -3.64. The number of nitrogens with zero attached hydrogens (tertiary/aromatic N) is 2. The van der Waals surface area contributed by atoms with Crippen LogP contribution in [0.4, 0.5) is 0 Å². The number of piperidine rings is 1. The highest BCUT2D eigenvalue weighted by atomic mass is 32.2. The average Bonchev–Trinajstić information content (AvgIpc) is 3.20. The Morgan fingerprint density at radius 1 is 1.37 bits per heavy atom. The first-order valence-electron chi connectivity index (χ1n) is 9.20. The van der Waals surface area contributed by atoms with Crippen LogP contribution in [0.2, 0.25) is 0 Å². The van der Waals surface area contributed by atoms with E-state index in [0.717, 1.165) is 12.8 Å². The molecule has 2 aromatic heterocycles. The molecule has 7 nitrogen and oxygen atoms in total. The predicted molar refractivity (Wildman–Crippen MR) is 102 cm³/mol. The Labute approximate surface area is 160 Å². The molecule has 0 spiro atoms. The Morgan fingerprint density at radius 3 is 2.74 bits per heavy atom. The summed E-state index contributed by atoms with van der Waals surface area (Å²) in [5.41, 5.74) is 1.43. The second-order valence-electron chi connectivity index (χ2n) is 7.32. The molecule has 1 amide bonds. The predicted octanol–water partition coefficient (Wildman–Crippen LogP) is 2.59. The van der Waals surface area contributed by atoms with Crippen LogP contribution >= 0.6 is 0 Å². The zero-order chi connectivity index (χ0) is 19.8. The van der Waals surface area contributed by atoms with E-state index in [-0.39, 0.29) is 17.3 Å². The number of carbonyl (C=O) groups excluding carboxylic acids is 1. The Balaban J connectivity index is 1.91. The Bertz CT molecular complexity index is 929. The molecule has 1 fully saturated rings. The van der Waals surface area contributed by atoms with Crippen molar-refractivity contribution in [3.63, 3.8) is 0 Å². The fourth-order valence-electron chi connectivity index (χ4n) is 3.81. The van der Waals surface area contributed by atoms with Gasteiger partial charge in [0.25, 0.3) is 5.91 Å². The van der Waals surface area contributed by atoms with E-state index in [9.17, 15) is 13.2 Å². The van der Waals surface area contributed by atoms with Crippen LogP contribution in [0.25, 0.3) is 0 Å². The molecule has 8 heteroatoms. The number of amides is 1. The molecule has 0 bridgehead atoms. The van der Waals surface area contributed by atoms with E-state index in [1.54, 1.807) is 48.2 Å². The van der Waals surface area contributed by atoms with E-state index in [4.69, 9.17) is 4.42 Å². The first kappa shape index (κ1) is 19.7. The third-order valence-corrected chi connectivity index (χ3v) is 7.43. The van der Waals surface area contributed by atoms with Gasteiger partial charge in [0.15, 0.2) is 0 Å². The minimum absolute atomic E-state index is 0.251. The van der Waals surface area contributed by atoms with E-state index >= 15 is 0 Å². The summed E-state index contributed by atoms with van der Waals surface area (Å²) in [6.45, 7) is 6.82. The van der Waals surface area contributed by atoms with Crippen LogP contribution in [-0.2, 0) is 23.6 Å². The number of nitrogens with one attached hydrogen (secondary N) is 1. The first-order chi connectivity index (χ1) is 12.7. The van der Waals surface area contributed by atoms with Crippen molar-refractivity contribution in [3.8, 4) is 0 Å². The van der Waals surface area contributed by atoms with Gasteiger partial charge in [0, 0.05) is 31.4 Å². The lowest BCUT2D eigenvalue weighted by Crippen LogP contribution is -2.39. The molecule has 0 aromatic carbocycles. The van der Waals surface area contributed by atoms with Gasteiger partial charge < -0.3 is 14.3 Å². The molecule has 27 heavy (non-hydrogen) atoms. The normalized spacial score (nSPS) is 18.6. The second-order valence-corrected chi connectivity index (χ2v) is 9.19. The summed E-state index contributed by atoms with van der Waals surface area (Å²) < 4.78 is 35.0. The highest BCUT2D eigenvalue weighted by molar-refractivity contribution is 7.89. The fourth-order valence-corrected chi connectivity index (χ4v) is 5.88. The Morgan fingerprint density at radius 2 is 2.11 bits per heavy atom. The number of hydrogen-bond acceptors (Lipinski definition) is 4. The van der Waals surface area contributed by atoms with Crippen LogP contribution < -0.4 is 5.32 Å². The van der Waals surface area contributed by atoms with Gasteiger partial charge in [0.2, 0.25) is 10.0 Å². The average molecular weight is 394 g/mol. The van der Waals surface area contributed by atoms with E-state index in [2.05, 4.69) is 12.2 Å². The molecule has 1 saturated heterocycles. The quantitative estimate of drug-likeness (QED) is 0.846. The van der Waals surface area contributed by atoms with Crippen molar-refractivity contribution in [1.82, 2.24) is 14.2 Å². The number of furan rings is 1. The summed E-state index contributed by atoms with van der Waals surface area (Å²) in [5.74, 6) is 0.666. The molecular formula is C19H27N3O4S. The van der Waals surface area contributed by atoms with Gasteiger partial charge in [-0.3, -0.25) is 4.79 Å². The van der Waals surface area contributed by atoms with Gasteiger partial charge in [-0.05, 0) is 44.7 Å².